The lowest BCUT2D eigenvalue weighted by atomic mass is 10.2. The largest absolute Gasteiger partial charge is 0.494 e. The molecule has 0 aliphatic carbocycles. The number of ether oxygens (including phenoxy) is 2. The van der Waals surface area contributed by atoms with Gasteiger partial charge < -0.3 is 9.47 Å². The zero-order valence-electron chi connectivity index (χ0n) is 10.7. The molecule has 3 nitrogen and oxygen atoms in total. The number of carbonyl (C=O) groups excluding carboxylic acids is 1. The van der Waals surface area contributed by atoms with Crippen molar-refractivity contribution < 1.29 is 14.3 Å². The minimum atomic E-state index is -0.461. The second-order valence-electron chi connectivity index (χ2n) is 3.92. The Hall–Kier alpha value is -1.52. The van der Waals surface area contributed by atoms with Gasteiger partial charge in [0.2, 0.25) is 0 Å². The summed E-state index contributed by atoms with van der Waals surface area (Å²) in [6.45, 7) is 2.48. The maximum Gasteiger partial charge on any atom is 0.343 e. The smallest absolute Gasteiger partial charge is 0.343 e. The molecule has 0 aliphatic rings. The van der Waals surface area contributed by atoms with E-state index in [1.807, 2.05) is 6.92 Å². The van der Waals surface area contributed by atoms with Crippen LogP contribution in [0.3, 0.4) is 0 Å². The topological polar surface area (TPSA) is 35.5 Å². The lowest BCUT2D eigenvalue weighted by molar-refractivity contribution is 0.0735. The molecule has 0 unspecified atom stereocenters. The molecule has 0 atom stereocenters. The number of halogens is 2. The highest BCUT2D eigenvalue weighted by Crippen LogP contribution is 2.28. The Balaban J connectivity index is 2.11. The van der Waals surface area contributed by atoms with Gasteiger partial charge in [0.25, 0.3) is 0 Å². The fourth-order valence-corrected chi connectivity index (χ4v) is 2.28. The molecule has 0 saturated heterocycles. The molecular formula is C15H12BrClO3. The van der Waals surface area contributed by atoms with Crippen LogP contribution in [-0.2, 0) is 0 Å². The number of benzene rings is 2. The van der Waals surface area contributed by atoms with E-state index in [0.717, 1.165) is 4.47 Å². The van der Waals surface area contributed by atoms with Crippen LogP contribution in [0.25, 0.3) is 0 Å². The van der Waals surface area contributed by atoms with Crippen LogP contribution in [0.1, 0.15) is 17.3 Å². The van der Waals surface area contributed by atoms with Gasteiger partial charge in [0.1, 0.15) is 11.5 Å². The van der Waals surface area contributed by atoms with E-state index in [-0.39, 0.29) is 0 Å². The van der Waals surface area contributed by atoms with Gasteiger partial charge in [-0.15, -0.1) is 0 Å². The molecule has 5 heteroatoms. The van der Waals surface area contributed by atoms with Crippen molar-refractivity contribution in [3.63, 3.8) is 0 Å². The number of hydrogen-bond acceptors (Lipinski definition) is 3. The summed E-state index contributed by atoms with van der Waals surface area (Å²) in [6.07, 6.45) is 0. The fraction of sp³-hybridized carbons (Fsp3) is 0.133. The van der Waals surface area contributed by atoms with Gasteiger partial charge in [-0.1, -0.05) is 27.5 Å². The first-order valence-corrected chi connectivity index (χ1v) is 7.17. The number of carbonyl (C=O) groups is 1. The molecule has 104 valence electrons. The summed E-state index contributed by atoms with van der Waals surface area (Å²) in [7, 11) is 0. The zero-order valence-corrected chi connectivity index (χ0v) is 13.1. The van der Waals surface area contributed by atoms with Crippen LogP contribution >= 0.6 is 27.5 Å². The highest BCUT2D eigenvalue weighted by atomic mass is 79.9. The number of rotatable bonds is 4. The van der Waals surface area contributed by atoms with Crippen LogP contribution in [0.4, 0.5) is 0 Å². The Morgan fingerprint density at radius 2 is 1.90 bits per heavy atom. The lowest BCUT2D eigenvalue weighted by Crippen LogP contribution is -2.08. The van der Waals surface area contributed by atoms with Gasteiger partial charge in [-0.05, 0) is 49.4 Å². The summed E-state index contributed by atoms with van der Waals surface area (Å²) >= 11 is 9.29. The van der Waals surface area contributed by atoms with Crippen molar-refractivity contribution in [3.05, 3.63) is 57.5 Å². The van der Waals surface area contributed by atoms with Gasteiger partial charge in [0.05, 0.1) is 17.2 Å². The third kappa shape index (κ3) is 3.74. The zero-order chi connectivity index (χ0) is 14.5. The van der Waals surface area contributed by atoms with E-state index in [1.165, 1.54) is 0 Å². The first kappa shape index (κ1) is 14.9. The Labute approximate surface area is 130 Å². The van der Waals surface area contributed by atoms with E-state index < -0.39 is 5.97 Å². The number of hydrogen-bond donors (Lipinski definition) is 0. The monoisotopic (exact) mass is 354 g/mol. The molecule has 0 spiro atoms. The van der Waals surface area contributed by atoms with Crippen molar-refractivity contribution >= 4 is 33.5 Å². The van der Waals surface area contributed by atoms with Crippen molar-refractivity contribution in [3.8, 4) is 11.5 Å². The summed E-state index contributed by atoms with van der Waals surface area (Å²) in [4.78, 5) is 12.0. The summed E-state index contributed by atoms with van der Waals surface area (Å²) in [5.74, 6) is 0.580. The second kappa shape index (κ2) is 6.77. The molecule has 2 aromatic rings. The maximum absolute atomic E-state index is 12.0. The van der Waals surface area contributed by atoms with Crippen molar-refractivity contribution in [2.75, 3.05) is 6.61 Å². The highest BCUT2D eigenvalue weighted by molar-refractivity contribution is 9.10. The summed E-state index contributed by atoms with van der Waals surface area (Å²) in [5.41, 5.74) is 0.437. The fourth-order valence-electron chi connectivity index (χ4n) is 1.57. The standard InChI is InChI=1S/C15H12BrClO3/c1-2-19-12-6-3-10(4-7-12)15(18)20-14-8-5-11(16)9-13(14)17/h3-9H,2H2,1H3. The molecule has 20 heavy (non-hydrogen) atoms. The van der Waals surface area contributed by atoms with E-state index in [9.17, 15) is 4.79 Å². The van der Waals surface area contributed by atoms with Gasteiger partial charge in [0, 0.05) is 4.47 Å². The van der Waals surface area contributed by atoms with Gasteiger partial charge in [-0.2, -0.15) is 0 Å². The summed E-state index contributed by atoms with van der Waals surface area (Å²) < 4.78 is 11.4. The van der Waals surface area contributed by atoms with E-state index >= 15 is 0 Å². The molecule has 0 radical (unpaired) electrons. The minimum Gasteiger partial charge on any atom is -0.494 e. The van der Waals surface area contributed by atoms with Gasteiger partial charge in [0.15, 0.2) is 0 Å². The van der Waals surface area contributed by atoms with Crippen LogP contribution in [0.2, 0.25) is 5.02 Å². The minimum absolute atomic E-state index is 0.328. The summed E-state index contributed by atoms with van der Waals surface area (Å²) in [5, 5.41) is 0.374. The molecule has 0 fully saturated rings. The Kier molecular flexibility index (Phi) is 5.04. The molecule has 0 aromatic heterocycles. The predicted molar refractivity (Wildman–Crippen MR) is 81.7 cm³/mol. The van der Waals surface area contributed by atoms with Gasteiger partial charge >= 0.3 is 5.97 Å². The highest BCUT2D eigenvalue weighted by Gasteiger charge is 2.11. The van der Waals surface area contributed by atoms with Crippen LogP contribution in [0.15, 0.2) is 46.9 Å². The second-order valence-corrected chi connectivity index (χ2v) is 5.24. The maximum atomic E-state index is 12.0. The molecule has 0 saturated carbocycles. The molecule has 0 amide bonds. The molecule has 0 N–H and O–H groups in total. The van der Waals surface area contributed by atoms with Crippen LogP contribution < -0.4 is 9.47 Å². The SMILES string of the molecule is CCOc1ccc(C(=O)Oc2ccc(Br)cc2Cl)cc1. The average Bonchev–Trinajstić information content (AvgIpc) is 2.43. The predicted octanol–water partition coefficient (Wildman–Crippen LogP) is 4.72. The Bertz CT molecular complexity index is 611. The average molecular weight is 356 g/mol. The van der Waals surface area contributed by atoms with E-state index in [4.69, 9.17) is 21.1 Å². The van der Waals surface area contributed by atoms with Crippen molar-refractivity contribution in [2.45, 2.75) is 6.92 Å². The summed E-state index contributed by atoms with van der Waals surface area (Å²) in [6, 6.07) is 11.8. The molecule has 0 heterocycles. The van der Waals surface area contributed by atoms with E-state index in [0.29, 0.717) is 28.7 Å². The molecule has 2 rings (SSSR count). The van der Waals surface area contributed by atoms with Gasteiger partial charge in [-0.25, -0.2) is 4.79 Å². The van der Waals surface area contributed by atoms with E-state index in [1.54, 1.807) is 42.5 Å². The molecule has 0 aliphatic heterocycles. The lowest BCUT2D eigenvalue weighted by Gasteiger charge is -2.07. The normalized spacial score (nSPS) is 10.2. The molecule has 0 bridgehead atoms. The van der Waals surface area contributed by atoms with Crippen molar-refractivity contribution in [1.82, 2.24) is 0 Å². The van der Waals surface area contributed by atoms with Crippen LogP contribution in [0.5, 0.6) is 11.5 Å². The number of esters is 1. The molecule has 2 aromatic carbocycles. The van der Waals surface area contributed by atoms with Gasteiger partial charge in [-0.3, -0.25) is 0 Å². The van der Waals surface area contributed by atoms with Crippen LogP contribution in [0, 0.1) is 0 Å². The quantitative estimate of drug-likeness (QED) is 0.588. The third-order valence-corrected chi connectivity index (χ3v) is 3.29. The van der Waals surface area contributed by atoms with Crippen LogP contribution in [-0.4, -0.2) is 12.6 Å². The third-order valence-electron chi connectivity index (χ3n) is 2.50. The Morgan fingerprint density at radius 1 is 1.20 bits per heavy atom. The van der Waals surface area contributed by atoms with Crippen molar-refractivity contribution in [2.24, 2.45) is 0 Å². The molecular weight excluding hydrogens is 344 g/mol. The first-order chi connectivity index (χ1) is 9.60. The first-order valence-electron chi connectivity index (χ1n) is 6.00. The van der Waals surface area contributed by atoms with E-state index in [2.05, 4.69) is 15.9 Å². The van der Waals surface area contributed by atoms with Crippen molar-refractivity contribution in [1.29, 1.82) is 0 Å². The Morgan fingerprint density at radius 3 is 2.50 bits per heavy atom.